The molecule has 0 fully saturated rings. The monoisotopic (exact) mass is 333 g/mol. The summed E-state index contributed by atoms with van der Waals surface area (Å²) in [5.41, 5.74) is 0.253. The molecule has 8 heteroatoms. The number of benzene rings is 1. The smallest absolute Gasteiger partial charge is 0.277 e. The maximum Gasteiger partial charge on any atom is 0.277 e. The number of aromatic hydroxyl groups is 1. The molecule has 0 atom stereocenters. The molecular formula is C12H10Cl3N3O2. The van der Waals surface area contributed by atoms with E-state index >= 15 is 0 Å². The molecule has 2 rings (SSSR count). The number of nitrogens with zero attached hydrogens (tertiary/aromatic N) is 3. The van der Waals surface area contributed by atoms with Gasteiger partial charge in [-0.3, -0.25) is 4.79 Å². The zero-order chi connectivity index (χ0) is 15.0. The Morgan fingerprint density at radius 3 is 2.30 bits per heavy atom. The molecule has 20 heavy (non-hydrogen) atoms. The maximum atomic E-state index is 11.8. The second-order valence-electron chi connectivity index (χ2n) is 4.23. The summed E-state index contributed by atoms with van der Waals surface area (Å²) in [7, 11) is 3.12. The van der Waals surface area contributed by atoms with Crippen LogP contribution in [-0.4, -0.2) is 39.8 Å². The second-order valence-corrected chi connectivity index (χ2v) is 5.48. The van der Waals surface area contributed by atoms with Crippen molar-refractivity contribution in [3.8, 4) is 11.4 Å². The summed E-state index contributed by atoms with van der Waals surface area (Å²) in [5.74, 6) is -0.687. The molecule has 0 aliphatic rings. The van der Waals surface area contributed by atoms with Gasteiger partial charge in [-0.1, -0.05) is 34.8 Å². The topological polar surface area (TPSA) is 58.4 Å². The molecule has 1 N–H and O–H groups in total. The summed E-state index contributed by atoms with van der Waals surface area (Å²) in [5, 5.41) is 14.7. The van der Waals surface area contributed by atoms with Crippen LogP contribution in [0.1, 0.15) is 10.5 Å². The lowest BCUT2D eigenvalue weighted by Gasteiger charge is -2.08. The Balaban J connectivity index is 2.56. The van der Waals surface area contributed by atoms with Crippen molar-refractivity contribution in [3.05, 3.63) is 39.1 Å². The van der Waals surface area contributed by atoms with Crippen LogP contribution in [0.3, 0.4) is 0 Å². The molecule has 106 valence electrons. The SMILES string of the molecule is CN(C)C(=O)c1nn(-c2c(Cl)cc(Cl)cc2Cl)cc1O. The van der Waals surface area contributed by atoms with Crippen LogP contribution >= 0.6 is 34.8 Å². The molecule has 0 aliphatic heterocycles. The molecule has 0 saturated carbocycles. The molecule has 2 aromatic rings. The van der Waals surface area contributed by atoms with Gasteiger partial charge in [0.25, 0.3) is 5.91 Å². The average Bonchev–Trinajstić information content (AvgIpc) is 2.68. The van der Waals surface area contributed by atoms with Gasteiger partial charge in [0.2, 0.25) is 0 Å². The second kappa shape index (κ2) is 5.52. The molecule has 1 heterocycles. The molecule has 1 aromatic carbocycles. The van der Waals surface area contributed by atoms with Gasteiger partial charge in [0, 0.05) is 19.1 Å². The van der Waals surface area contributed by atoms with Gasteiger partial charge in [0.15, 0.2) is 11.4 Å². The highest BCUT2D eigenvalue weighted by Gasteiger charge is 2.20. The van der Waals surface area contributed by atoms with Crippen LogP contribution in [0.5, 0.6) is 5.75 Å². The van der Waals surface area contributed by atoms with Crippen LogP contribution in [0, 0.1) is 0 Å². The number of amides is 1. The van der Waals surface area contributed by atoms with Crippen molar-refractivity contribution in [2.75, 3.05) is 14.1 Å². The van der Waals surface area contributed by atoms with Crippen LogP contribution in [0.2, 0.25) is 15.1 Å². The zero-order valence-electron chi connectivity index (χ0n) is 10.6. The van der Waals surface area contributed by atoms with Crippen molar-refractivity contribution in [1.29, 1.82) is 0 Å². The Labute approximate surface area is 130 Å². The van der Waals surface area contributed by atoms with E-state index in [0.717, 1.165) is 0 Å². The standard InChI is InChI=1S/C12H10Cl3N3O2/c1-17(2)12(20)10-9(19)5-18(16-10)11-7(14)3-6(13)4-8(11)15/h3-5,19H,1-2H3. The lowest BCUT2D eigenvalue weighted by Crippen LogP contribution is -2.22. The average molecular weight is 335 g/mol. The van der Waals surface area contributed by atoms with Gasteiger partial charge in [0.05, 0.1) is 16.2 Å². The highest BCUT2D eigenvalue weighted by Crippen LogP contribution is 2.33. The van der Waals surface area contributed by atoms with Crippen molar-refractivity contribution in [3.63, 3.8) is 0 Å². The van der Waals surface area contributed by atoms with Gasteiger partial charge in [0.1, 0.15) is 5.69 Å². The minimum Gasteiger partial charge on any atom is -0.504 e. The molecule has 0 aliphatic carbocycles. The molecule has 0 bridgehead atoms. The molecule has 0 saturated heterocycles. The number of aromatic nitrogens is 2. The third kappa shape index (κ3) is 2.70. The van der Waals surface area contributed by atoms with Crippen molar-refractivity contribution in [1.82, 2.24) is 14.7 Å². The van der Waals surface area contributed by atoms with E-state index in [1.165, 1.54) is 27.9 Å². The fourth-order valence-electron chi connectivity index (χ4n) is 1.60. The maximum absolute atomic E-state index is 11.8. The van der Waals surface area contributed by atoms with E-state index in [2.05, 4.69) is 5.10 Å². The van der Waals surface area contributed by atoms with Crippen LogP contribution < -0.4 is 0 Å². The number of carbonyl (C=O) groups is 1. The Bertz CT molecular complexity index is 660. The molecule has 1 aromatic heterocycles. The van der Waals surface area contributed by atoms with Gasteiger partial charge < -0.3 is 10.0 Å². The first kappa shape index (κ1) is 15.0. The number of rotatable bonds is 2. The number of halogens is 3. The van der Waals surface area contributed by atoms with Crippen molar-refractivity contribution < 1.29 is 9.90 Å². The number of hydrogen-bond donors (Lipinski definition) is 1. The van der Waals surface area contributed by atoms with E-state index in [0.29, 0.717) is 10.7 Å². The van der Waals surface area contributed by atoms with Gasteiger partial charge in [-0.05, 0) is 12.1 Å². The molecule has 1 amide bonds. The fraction of sp³-hybridized carbons (Fsp3) is 0.167. The van der Waals surface area contributed by atoms with E-state index in [-0.39, 0.29) is 21.5 Å². The first-order valence-electron chi connectivity index (χ1n) is 5.46. The van der Waals surface area contributed by atoms with E-state index in [1.54, 1.807) is 14.1 Å². The van der Waals surface area contributed by atoms with E-state index < -0.39 is 5.91 Å². The molecular weight excluding hydrogens is 325 g/mol. The van der Waals surface area contributed by atoms with Gasteiger partial charge in [-0.2, -0.15) is 5.10 Å². The number of carbonyl (C=O) groups excluding carboxylic acids is 1. The largest absolute Gasteiger partial charge is 0.504 e. The minimum atomic E-state index is -0.428. The Morgan fingerprint density at radius 1 is 1.25 bits per heavy atom. The minimum absolute atomic E-state index is 0.0860. The fourth-order valence-corrected chi connectivity index (χ4v) is 2.59. The third-order valence-electron chi connectivity index (χ3n) is 2.51. The van der Waals surface area contributed by atoms with Gasteiger partial charge in [-0.15, -0.1) is 0 Å². The molecule has 0 spiro atoms. The molecule has 5 nitrogen and oxygen atoms in total. The summed E-state index contributed by atoms with van der Waals surface area (Å²) >= 11 is 18.0. The van der Waals surface area contributed by atoms with Crippen LogP contribution in [0.4, 0.5) is 0 Å². The summed E-state index contributed by atoms with van der Waals surface area (Å²) in [6.45, 7) is 0. The quantitative estimate of drug-likeness (QED) is 0.917. The summed E-state index contributed by atoms with van der Waals surface area (Å²) in [6.07, 6.45) is 1.26. The summed E-state index contributed by atoms with van der Waals surface area (Å²) in [4.78, 5) is 13.1. The summed E-state index contributed by atoms with van der Waals surface area (Å²) in [6, 6.07) is 2.99. The van der Waals surface area contributed by atoms with Gasteiger partial charge in [-0.25, -0.2) is 4.68 Å². The zero-order valence-corrected chi connectivity index (χ0v) is 12.8. The van der Waals surface area contributed by atoms with Crippen LogP contribution in [0.25, 0.3) is 5.69 Å². The normalized spacial score (nSPS) is 10.7. The van der Waals surface area contributed by atoms with Crippen LogP contribution in [-0.2, 0) is 0 Å². The number of hydrogen-bond acceptors (Lipinski definition) is 3. The third-order valence-corrected chi connectivity index (χ3v) is 3.31. The first-order valence-corrected chi connectivity index (χ1v) is 6.60. The molecule has 0 unspecified atom stereocenters. The lowest BCUT2D eigenvalue weighted by molar-refractivity contribution is 0.0818. The lowest BCUT2D eigenvalue weighted by atomic mass is 10.3. The first-order chi connectivity index (χ1) is 9.31. The molecule has 0 radical (unpaired) electrons. The van der Waals surface area contributed by atoms with Crippen molar-refractivity contribution in [2.45, 2.75) is 0 Å². The summed E-state index contributed by atoms with van der Waals surface area (Å²) < 4.78 is 1.24. The van der Waals surface area contributed by atoms with E-state index in [4.69, 9.17) is 34.8 Å². The Morgan fingerprint density at radius 2 is 1.80 bits per heavy atom. The van der Waals surface area contributed by atoms with Crippen LogP contribution in [0.15, 0.2) is 18.3 Å². The van der Waals surface area contributed by atoms with E-state index in [9.17, 15) is 9.90 Å². The predicted molar refractivity (Wildman–Crippen MR) is 78.3 cm³/mol. The highest BCUT2D eigenvalue weighted by atomic mass is 35.5. The van der Waals surface area contributed by atoms with Crippen molar-refractivity contribution in [2.24, 2.45) is 0 Å². The van der Waals surface area contributed by atoms with E-state index in [1.807, 2.05) is 0 Å². The highest BCUT2D eigenvalue weighted by molar-refractivity contribution is 6.40. The predicted octanol–water partition coefficient (Wildman–Crippen LogP) is 3.24. The van der Waals surface area contributed by atoms with Gasteiger partial charge >= 0.3 is 0 Å². The Kier molecular flexibility index (Phi) is 4.13. The van der Waals surface area contributed by atoms with Crippen molar-refractivity contribution >= 4 is 40.7 Å². The Hall–Kier alpha value is -1.43.